The minimum atomic E-state index is -3.95. The highest BCUT2D eigenvalue weighted by atomic mass is 32.2. The Kier molecular flexibility index (Phi) is 7.70. The number of halogens is 2. The molecule has 13 heteroatoms. The molecule has 1 aromatic heterocycles. The maximum atomic E-state index is 12.7. The molecule has 0 aliphatic rings. The predicted molar refractivity (Wildman–Crippen MR) is 104 cm³/mol. The smallest absolute Gasteiger partial charge is 0.387 e. The summed E-state index contributed by atoms with van der Waals surface area (Å²) in [6.07, 6.45) is 0. The highest BCUT2D eigenvalue weighted by Gasteiger charge is 2.26. The molecule has 0 spiro atoms. The van der Waals surface area contributed by atoms with Crippen molar-refractivity contribution in [3.8, 4) is 11.5 Å². The van der Waals surface area contributed by atoms with Crippen LogP contribution in [0, 0.1) is 0 Å². The number of ether oxygens (including phenoxy) is 3. The van der Waals surface area contributed by atoms with Crippen LogP contribution in [0.5, 0.6) is 11.5 Å². The first kappa shape index (κ1) is 23.5. The molecule has 1 heterocycles. The summed E-state index contributed by atoms with van der Waals surface area (Å²) in [5.74, 6) is -2.38. The molecule has 1 aromatic carbocycles. The second-order valence-corrected chi connectivity index (χ2v) is 8.57. The van der Waals surface area contributed by atoms with Crippen molar-refractivity contribution in [2.45, 2.75) is 23.8 Å². The van der Waals surface area contributed by atoms with Gasteiger partial charge in [0.2, 0.25) is 5.91 Å². The van der Waals surface area contributed by atoms with E-state index in [0.717, 1.165) is 30.6 Å². The van der Waals surface area contributed by atoms with Crippen molar-refractivity contribution in [2.75, 3.05) is 19.5 Å². The van der Waals surface area contributed by atoms with Crippen LogP contribution in [-0.2, 0) is 19.6 Å². The largest absolute Gasteiger partial charge is 0.493 e. The third-order valence-corrected chi connectivity index (χ3v) is 6.61. The molecule has 0 saturated heterocycles. The Bertz CT molecular complexity index is 1010. The number of thiophene rings is 1. The van der Waals surface area contributed by atoms with Gasteiger partial charge in [0.1, 0.15) is 4.21 Å². The normalized spacial score (nSPS) is 12.3. The van der Waals surface area contributed by atoms with Crippen LogP contribution in [0.15, 0.2) is 33.9 Å². The molecular formula is C17H18F2N2O7S2. The molecule has 1 atom stereocenters. The first-order valence-corrected chi connectivity index (χ1v) is 10.6. The summed E-state index contributed by atoms with van der Waals surface area (Å²) in [5.41, 5.74) is -0.442. The van der Waals surface area contributed by atoms with E-state index in [1.165, 1.54) is 26.2 Å². The van der Waals surface area contributed by atoms with Crippen LogP contribution in [0.4, 0.5) is 14.5 Å². The Morgan fingerprint density at radius 3 is 2.40 bits per heavy atom. The topological polar surface area (TPSA) is 120 Å². The average Bonchev–Trinajstić information content (AvgIpc) is 3.22. The first-order valence-electron chi connectivity index (χ1n) is 8.21. The zero-order chi connectivity index (χ0) is 22.5. The fraction of sp³-hybridized carbons (Fsp3) is 0.294. The molecule has 2 rings (SSSR count). The highest BCUT2D eigenvalue weighted by Crippen LogP contribution is 2.35. The Hall–Kier alpha value is -2.77. The second-order valence-electron chi connectivity index (χ2n) is 5.68. The number of carbonyl (C=O) groups excluding carboxylic acids is 2. The van der Waals surface area contributed by atoms with Gasteiger partial charge in [-0.1, -0.05) is 6.07 Å². The van der Waals surface area contributed by atoms with E-state index in [2.05, 4.69) is 19.5 Å². The summed E-state index contributed by atoms with van der Waals surface area (Å²) in [5, 5.41) is 3.87. The molecule has 0 aliphatic heterocycles. The second kappa shape index (κ2) is 9.82. The minimum Gasteiger partial charge on any atom is -0.493 e. The van der Waals surface area contributed by atoms with Crippen molar-refractivity contribution in [1.82, 2.24) is 4.72 Å². The van der Waals surface area contributed by atoms with E-state index in [4.69, 9.17) is 4.74 Å². The van der Waals surface area contributed by atoms with Crippen LogP contribution in [0.1, 0.15) is 17.3 Å². The Balaban J connectivity index is 2.32. The lowest BCUT2D eigenvalue weighted by atomic mass is 10.1. The number of anilines is 1. The van der Waals surface area contributed by atoms with E-state index < -0.39 is 40.3 Å². The number of amides is 1. The van der Waals surface area contributed by atoms with Gasteiger partial charge in [0.15, 0.2) is 11.5 Å². The SMILES string of the molecule is COC(=O)c1cc(OC)c(OC(F)F)cc1NC(=O)C(C)NS(=O)(=O)c1cccs1. The van der Waals surface area contributed by atoms with Crippen LogP contribution in [0.25, 0.3) is 0 Å². The summed E-state index contributed by atoms with van der Waals surface area (Å²) < 4.78 is 66.0. The number of sulfonamides is 1. The highest BCUT2D eigenvalue weighted by molar-refractivity contribution is 7.91. The average molecular weight is 464 g/mol. The molecule has 164 valence electrons. The van der Waals surface area contributed by atoms with Gasteiger partial charge in [0, 0.05) is 12.1 Å². The molecule has 9 nitrogen and oxygen atoms in total. The van der Waals surface area contributed by atoms with E-state index in [1.807, 2.05) is 0 Å². The fourth-order valence-corrected chi connectivity index (χ4v) is 4.50. The van der Waals surface area contributed by atoms with Crippen LogP contribution in [0.2, 0.25) is 0 Å². The Morgan fingerprint density at radius 2 is 1.87 bits per heavy atom. The molecule has 1 amide bonds. The summed E-state index contributed by atoms with van der Waals surface area (Å²) in [4.78, 5) is 24.5. The summed E-state index contributed by atoms with van der Waals surface area (Å²) >= 11 is 0.964. The van der Waals surface area contributed by atoms with Gasteiger partial charge >= 0.3 is 12.6 Å². The summed E-state index contributed by atoms with van der Waals surface area (Å²) in [6.45, 7) is -1.92. The quantitative estimate of drug-likeness (QED) is 0.547. The van der Waals surface area contributed by atoms with Crippen LogP contribution in [0.3, 0.4) is 0 Å². The Labute approximate surface area is 175 Å². The summed E-state index contributed by atoms with van der Waals surface area (Å²) in [7, 11) is -1.69. The number of methoxy groups -OCH3 is 2. The van der Waals surface area contributed by atoms with E-state index in [9.17, 15) is 26.8 Å². The molecule has 0 saturated carbocycles. The molecule has 1 unspecified atom stereocenters. The standard InChI is InChI=1S/C17H18F2N2O7S2/c1-9(21-30(24,25)14-5-4-6-29-14)15(22)20-11-8-13(28-17(18)19)12(26-2)7-10(11)16(23)27-3/h4-9,17,21H,1-3H3,(H,20,22). The van der Waals surface area contributed by atoms with Crippen LogP contribution in [-0.4, -0.2) is 47.2 Å². The number of esters is 1. The zero-order valence-electron chi connectivity index (χ0n) is 16.0. The van der Waals surface area contributed by atoms with Crippen LogP contribution < -0.4 is 19.5 Å². The molecule has 0 bridgehead atoms. The third kappa shape index (κ3) is 5.64. The number of hydrogen-bond acceptors (Lipinski definition) is 8. The van der Waals surface area contributed by atoms with Gasteiger partial charge in [0.05, 0.1) is 31.5 Å². The first-order chi connectivity index (χ1) is 14.1. The van der Waals surface area contributed by atoms with E-state index in [-0.39, 0.29) is 21.2 Å². The van der Waals surface area contributed by atoms with Gasteiger partial charge in [-0.25, -0.2) is 13.2 Å². The van der Waals surface area contributed by atoms with Crippen molar-refractivity contribution in [3.05, 3.63) is 35.2 Å². The van der Waals surface area contributed by atoms with Gasteiger partial charge in [-0.3, -0.25) is 4.79 Å². The zero-order valence-corrected chi connectivity index (χ0v) is 17.6. The van der Waals surface area contributed by atoms with Gasteiger partial charge < -0.3 is 19.5 Å². The van der Waals surface area contributed by atoms with E-state index in [0.29, 0.717) is 0 Å². The van der Waals surface area contributed by atoms with Crippen molar-refractivity contribution < 1.29 is 41.0 Å². The summed E-state index contributed by atoms with van der Waals surface area (Å²) in [6, 6.07) is 3.65. The molecule has 0 radical (unpaired) electrons. The van der Waals surface area contributed by atoms with Gasteiger partial charge in [0.25, 0.3) is 10.0 Å². The fourth-order valence-electron chi connectivity index (χ4n) is 2.29. The van der Waals surface area contributed by atoms with E-state index in [1.54, 1.807) is 5.38 Å². The minimum absolute atomic E-state index is 0.00877. The van der Waals surface area contributed by atoms with Crippen molar-refractivity contribution in [2.24, 2.45) is 0 Å². The molecule has 0 fully saturated rings. The number of rotatable bonds is 9. The predicted octanol–water partition coefficient (Wildman–Crippen LogP) is 2.45. The molecule has 2 aromatic rings. The molecule has 30 heavy (non-hydrogen) atoms. The maximum absolute atomic E-state index is 12.7. The van der Waals surface area contributed by atoms with Gasteiger partial charge in [-0.05, 0) is 18.4 Å². The molecule has 0 aliphatic carbocycles. The lowest BCUT2D eigenvalue weighted by Crippen LogP contribution is -2.41. The maximum Gasteiger partial charge on any atom is 0.387 e. The van der Waals surface area contributed by atoms with Crippen molar-refractivity contribution in [1.29, 1.82) is 0 Å². The number of alkyl halides is 2. The monoisotopic (exact) mass is 464 g/mol. The van der Waals surface area contributed by atoms with Gasteiger partial charge in [-0.2, -0.15) is 13.5 Å². The number of hydrogen-bond donors (Lipinski definition) is 2. The van der Waals surface area contributed by atoms with Crippen molar-refractivity contribution >= 4 is 38.9 Å². The number of benzene rings is 1. The lowest BCUT2D eigenvalue weighted by Gasteiger charge is -2.18. The lowest BCUT2D eigenvalue weighted by molar-refractivity contribution is -0.117. The van der Waals surface area contributed by atoms with Gasteiger partial charge in [-0.15, -0.1) is 11.3 Å². The van der Waals surface area contributed by atoms with Crippen molar-refractivity contribution in [3.63, 3.8) is 0 Å². The third-order valence-electron chi connectivity index (χ3n) is 3.67. The molecule has 2 N–H and O–H groups in total. The Morgan fingerprint density at radius 1 is 1.17 bits per heavy atom. The molecular weight excluding hydrogens is 446 g/mol. The number of nitrogens with one attached hydrogen (secondary N) is 2. The van der Waals surface area contributed by atoms with Crippen LogP contribution >= 0.6 is 11.3 Å². The number of carbonyl (C=O) groups is 2. The van der Waals surface area contributed by atoms with E-state index >= 15 is 0 Å².